The molecule has 4 heteroatoms. The molecule has 1 heterocycles. The molecule has 0 N–H and O–H groups in total. The second-order valence-electron chi connectivity index (χ2n) is 8.65. The molecular formula is C27H29O3P. The van der Waals surface area contributed by atoms with Crippen LogP contribution in [0.15, 0.2) is 88.8 Å². The van der Waals surface area contributed by atoms with E-state index in [0.29, 0.717) is 5.56 Å². The average molecular weight is 433 g/mol. The van der Waals surface area contributed by atoms with Crippen LogP contribution in [0.25, 0.3) is 0 Å². The van der Waals surface area contributed by atoms with E-state index in [4.69, 9.17) is 9.26 Å². The van der Waals surface area contributed by atoms with Gasteiger partial charge in [-0.05, 0) is 0 Å². The number of hydrogen-bond donors (Lipinski definition) is 0. The van der Waals surface area contributed by atoms with Gasteiger partial charge in [0.15, 0.2) is 0 Å². The molecule has 1 aromatic carbocycles. The van der Waals surface area contributed by atoms with Gasteiger partial charge in [-0.1, -0.05) is 0 Å². The van der Waals surface area contributed by atoms with Gasteiger partial charge in [-0.15, -0.1) is 0 Å². The molecule has 3 aliphatic carbocycles. The number of carbonyl (C=O) groups excluding carboxylic acids is 1. The topological polar surface area (TPSA) is 35.5 Å². The van der Waals surface area contributed by atoms with Crippen molar-refractivity contribution in [3.8, 4) is 5.75 Å². The number of carbonyl (C=O) groups is 1. The van der Waals surface area contributed by atoms with Crippen molar-refractivity contribution in [1.29, 1.82) is 0 Å². The summed E-state index contributed by atoms with van der Waals surface area (Å²) in [5.41, 5.74) is 1.72. The fraction of sp³-hybridized carbons (Fsp3) is 0.296. The molecule has 0 spiro atoms. The van der Waals surface area contributed by atoms with Crippen LogP contribution in [0.5, 0.6) is 5.75 Å². The summed E-state index contributed by atoms with van der Waals surface area (Å²) >= 11 is 0. The summed E-state index contributed by atoms with van der Waals surface area (Å²) in [5.74, 6) is 0.626. The molecule has 0 unspecified atom stereocenters. The van der Waals surface area contributed by atoms with E-state index in [2.05, 4.69) is 54.7 Å². The van der Waals surface area contributed by atoms with Crippen molar-refractivity contribution in [1.82, 2.24) is 0 Å². The molecule has 0 aromatic heterocycles. The van der Waals surface area contributed by atoms with E-state index in [1.807, 2.05) is 18.2 Å². The number of fused-ring (bicyclic) bond motifs is 1. The number of benzene rings is 1. The zero-order valence-corrected chi connectivity index (χ0v) is 18.9. The molecule has 4 aliphatic rings. The Hall–Kier alpha value is -2.64. The Morgan fingerprint density at radius 3 is 1.87 bits per heavy atom. The second kappa shape index (κ2) is 7.80. The van der Waals surface area contributed by atoms with Gasteiger partial charge in [0.2, 0.25) is 0 Å². The predicted octanol–water partition coefficient (Wildman–Crippen LogP) is 7.54. The van der Waals surface area contributed by atoms with Gasteiger partial charge in [-0.3, -0.25) is 0 Å². The molecule has 0 radical (unpaired) electrons. The van der Waals surface area contributed by atoms with Gasteiger partial charge in [0.1, 0.15) is 0 Å². The zero-order valence-electron chi connectivity index (χ0n) is 18.0. The number of ether oxygens (including phenoxy) is 1. The summed E-state index contributed by atoms with van der Waals surface area (Å²) < 4.78 is 12.3. The standard InChI is InChI=1S/C27H29O3P/c1-29-27(28)21-17-18-26-22(19-21)20-31(30-26,23-11-5-2-6-12-23,24-13-7-3-8-14-24)25-15-9-4-10-16-25/h2-5,7,9,11,13,15,17-19H,6,8,10,12,14,16,20H2,1H3. The molecule has 0 fully saturated rings. The summed E-state index contributed by atoms with van der Waals surface area (Å²) in [6.45, 7) is -3.09. The molecule has 0 saturated carbocycles. The van der Waals surface area contributed by atoms with E-state index in [1.54, 1.807) is 0 Å². The van der Waals surface area contributed by atoms with Gasteiger partial charge in [-0.2, -0.15) is 0 Å². The Labute approximate surface area is 184 Å². The average Bonchev–Trinajstić information content (AvgIpc) is 3.22. The minimum atomic E-state index is -3.09. The van der Waals surface area contributed by atoms with Crippen molar-refractivity contribution < 1.29 is 14.1 Å². The number of allylic oxidation sites excluding steroid dienone is 12. The van der Waals surface area contributed by atoms with E-state index >= 15 is 0 Å². The molecule has 0 amide bonds. The molecule has 31 heavy (non-hydrogen) atoms. The summed E-state index contributed by atoms with van der Waals surface area (Å²) in [4.78, 5) is 12.2. The van der Waals surface area contributed by atoms with Crippen molar-refractivity contribution in [3.63, 3.8) is 0 Å². The summed E-state index contributed by atoms with van der Waals surface area (Å²) in [5, 5.41) is 4.35. The first-order valence-electron chi connectivity index (χ1n) is 11.2. The quantitative estimate of drug-likeness (QED) is 0.364. The van der Waals surface area contributed by atoms with Crippen molar-refractivity contribution in [2.75, 3.05) is 7.11 Å². The number of rotatable bonds is 4. The summed E-state index contributed by atoms with van der Waals surface area (Å²) in [7, 11) is 1.43. The summed E-state index contributed by atoms with van der Waals surface area (Å²) in [6.07, 6.45) is 27.4. The molecule has 1 aromatic rings. The number of methoxy groups -OCH3 is 1. The number of hydrogen-bond acceptors (Lipinski definition) is 3. The van der Waals surface area contributed by atoms with Crippen molar-refractivity contribution in [2.24, 2.45) is 0 Å². The van der Waals surface area contributed by atoms with Crippen molar-refractivity contribution in [2.45, 2.75) is 44.7 Å². The third kappa shape index (κ3) is 3.02. The van der Waals surface area contributed by atoms with E-state index in [0.717, 1.165) is 56.0 Å². The predicted molar refractivity (Wildman–Crippen MR) is 128 cm³/mol. The van der Waals surface area contributed by atoms with Crippen LogP contribution >= 0.6 is 6.83 Å². The first kappa shape index (κ1) is 20.3. The van der Waals surface area contributed by atoms with Crippen LogP contribution in [-0.2, 0) is 10.9 Å². The molecule has 0 bridgehead atoms. The van der Waals surface area contributed by atoms with Crippen LogP contribution in [-0.4, -0.2) is 13.1 Å². The van der Waals surface area contributed by atoms with E-state index in [-0.39, 0.29) is 5.97 Å². The van der Waals surface area contributed by atoms with Gasteiger partial charge in [0, 0.05) is 0 Å². The van der Waals surface area contributed by atoms with Crippen LogP contribution in [0, 0.1) is 0 Å². The van der Waals surface area contributed by atoms with Crippen molar-refractivity contribution in [3.05, 3.63) is 100.0 Å². The van der Waals surface area contributed by atoms with Gasteiger partial charge >= 0.3 is 184 Å². The number of esters is 1. The van der Waals surface area contributed by atoms with Crippen LogP contribution in [0.2, 0.25) is 0 Å². The third-order valence-corrected chi connectivity index (χ3v) is 13.4. The minimum absolute atomic E-state index is 0.297. The molecule has 160 valence electrons. The van der Waals surface area contributed by atoms with Crippen LogP contribution in [0.1, 0.15) is 54.4 Å². The Morgan fingerprint density at radius 1 is 0.871 bits per heavy atom. The van der Waals surface area contributed by atoms with Gasteiger partial charge in [-0.25, -0.2) is 0 Å². The molecule has 1 aliphatic heterocycles. The van der Waals surface area contributed by atoms with Gasteiger partial charge in [0.05, 0.1) is 0 Å². The Morgan fingerprint density at radius 2 is 1.42 bits per heavy atom. The fourth-order valence-electron chi connectivity index (χ4n) is 5.60. The zero-order chi connectivity index (χ0) is 21.3. The second-order valence-corrected chi connectivity index (χ2v) is 13.3. The maximum atomic E-state index is 12.2. The van der Waals surface area contributed by atoms with E-state index < -0.39 is 6.83 Å². The third-order valence-electron chi connectivity index (χ3n) is 7.05. The Bertz CT molecular complexity index is 1030. The first-order chi connectivity index (χ1) is 15.2. The SMILES string of the molecule is COC(=O)c1ccc2c(c1)CP(C1=CC=CCC1)(C1=CC=CCC1)(C1=CC=CCC1)O2. The van der Waals surface area contributed by atoms with Gasteiger partial charge < -0.3 is 0 Å². The van der Waals surface area contributed by atoms with E-state index in [9.17, 15) is 4.79 Å². The van der Waals surface area contributed by atoms with Crippen LogP contribution < -0.4 is 4.52 Å². The normalized spacial score (nSPS) is 24.0. The first-order valence-corrected chi connectivity index (χ1v) is 13.5. The molecule has 0 atom stereocenters. The Kier molecular flexibility index (Phi) is 5.10. The monoisotopic (exact) mass is 432 g/mol. The molecular weight excluding hydrogens is 403 g/mol. The van der Waals surface area contributed by atoms with Crippen LogP contribution in [0.4, 0.5) is 0 Å². The summed E-state index contributed by atoms with van der Waals surface area (Å²) in [6, 6.07) is 5.81. The van der Waals surface area contributed by atoms with E-state index in [1.165, 1.54) is 23.1 Å². The van der Waals surface area contributed by atoms with Crippen molar-refractivity contribution >= 4 is 12.8 Å². The Balaban J connectivity index is 1.78. The molecule has 3 nitrogen and oxygen atoms in total. The molecule has 0 saturated heterocycles. The van der Waals surface area contributed by atoms with Crippen LogP contribution in [0.3, 0.4) is 0 Å². The maximum absolute atomic E-state index is 12.2. The molecule has 5 rings (SSSR count). The fourth-order valence-corrected chi connectivity index (χ4v) is 12.2. The van der Waals surface area contributed by atoms with Gasteiger partial charge in [0.25, 0.3) is 0 Å².